The molecule has 3 rings (SSSR count). The van der Waals surface area contributed by atoms with Crippen molar-refractivity contribution in [1.29, 1.82) is 0 Å². The molecule has 4 heteroatoms. The van der Waals surface area contributed by atoms with Gasteiger partial charge in [-0.1, -0.05) is 18.2 Å². The Balaban J connectivity index is 1.70. The van der Waals surface area contributed by atoms with E-state index in [0.29, 0.717) is 18.0 Å². The molecule has 124 valence electrons. The molecule has 0 spiro atoms. The molecule has 2 fully saturated rings. The van der Waals surface area contributed by atoms with Crippen LogP contribution in [0.1, 0.15) is 45.4 Å². The van der Waals surface area contributed by atoms with Crippen LogP contribution >= 0.6 is 0 Å². The summed E-state index contributed by atoms with van der Waals surface area (Å²) < 4.78 is 0. The van der Waals surface area contributed by atoms with Crippen LogP contribution in [0.25, 0.3) is 0 Å². The maximum atomic E-state index is 6.05. The van der Waals surface area contributed by atoms with E-state index >= 15 is 0 Å². The highest BCUT2D eigenvalue weighted by Gasteiger charge is 2.38. The highest BCUT2D eigenvalue weighted by atomic mass is 15.3. The quantitative estimate of drug-likeness (QED) is 0.643. The molecule has 5 N–H and O–H groups in total. The largest absolute Gasteiger partial charge is 0.313 e. The van der Waals surface area contributed by atoms with Gasteiger partial charge in [0.2, 0.25) is 0 Å². The Bertz CT molecular complexity index is 431. The van der Waals surface area contributed by atoms with Gasteiger partial charge in [-0.2, -0.15) is 0 Å². The third kappa shape index (κ3) is 3.46. The molecule has 2 aliphatic heterocycles. The molecule has 0 aromatic heterocycles. The summed E-state index contributed by atoms with van der Waals surface area (Å²) >= 11 is 0. The lowest BCUT2D eigenvalue weighted by molar-refractivity contribution is 0.126. The average Bonchev–Trinajstić information content (AvgIpc) is 2.55. The fraction of sp³-hybridized carbons (Fsp3) is 0.778. The minimum atomic E-state index is -0.0401. The first-order chi connectivity index (χ1) is 10.7. The summed E-state index contributed by atoms with van der Waals surface area (Å²) in [7, 11) is 0. The standard InChI is InChI=1S/C18H32N4/c1-3-13-6-7-14(11-12(13)2)17-15(5-4-9-20-17)16-8-10-21-18(19)22-16/h3,14-18,20-22H,1,4-11,19H2,2H3. The summed E-state index contributed by atoms with van der Waals surface area (Å²) in [5.41, 5.74) is 9.08. The minimum Gasteiger partial charge on any atom is -0.313 e. The Hall–Kier alpha value is -0.680. The number of piperidine rings is 1. The summed E-state index contributed by atoms with van der Waals surface area (Å²) in [6.07, 6.45) is 9.56. The predicted octanol–water partition coefficient (Wildman–Crippen LogP) is 1.85. The van der Waals surface area contributed by atoms with Crippen molar-refractivity contribution in [2.24, 2.45) is 17.6 Å². The van der Waals surface area contributed by atoms with E-state index in [1.54, 1.807) is 5.57 Å². The van der Waals surface area contributed by atoms with Crippen LogP contribution in [0, 0.1) is 11.8 Å². The molecule has 2 saturated heterocycles. The Morgan fingerprint density at radius 3 is 2.77 bits per heavy atom. The first kappa shape index (κ1) is 16.2. The van der Waals surface area contributed by atoms with E-state index in [1.807, 2.05) is 0 Å². The molecule has 4 nitrogen and oxygen atoms in total. The zero-order chi connectivity index (χ0) is 15.5. The zero-order valence-electron chi connectivity index (χ0n) is 13.9. The van der Waals surface area contributed by atoms with Gasteiger partial charge in [-0.15, -0.1) is 0 Å². The molecule has 5 atom stereocenters. The fourth-order valence-electron chi connectivity index (χ4n) is 4.77. The maximum Gasteiger partial charge on any atom is 0.109 e. The summed E-state index contributed by atoms with van der Waals surface area (Å²) in [4.78, 5) is 0. The molecular weight excluding hydrogens is 272 g/mol. The van der Waals surface area contributed by atoms with Gasteiger partial charge in [-0.05, 0) is 75.9 Å². The van der Waals surface area contributed by atoms with Gasteiger partial charge < -0.3 is 11.1 Å². The van der Waals surface area contributed by atoms with E-state index in [2.05, 4.69) is 35.5 Å². The van der Waals surface area contributed by atoms with Crippen molar-refractivity contribution < 1.29 is 0 Å². The molecule has 3 aliphatic rings. The van der Waals surface area contributed by atoms with Crippen LogP contribution in [0.2, 0.25) is 0 Å². The van der Waals surface area contributed by atoms with Gasteiger partial charge in [-0.3, -0.25) is 10.6 Å². The minimum absolute atomic E-state index is 0.0401. The average molecular weight is 304 g/mol. The topological polar surface area (TPSA) is 62.1 Å². The van der Waals surface area contributed by atoms with Crippen molar-refractivity contribution in [3.63, 3.8) is 0 Å². The molecule has 0 bridgehead atoms. The van der Waals surface area contributed by atoms with Crippen molar-refractivity contribution >= 4 is 0 Å². The van der Waals surface area contributed by atoms with Crippen LogP contribution in [0.3, 0.4) is 0 Å². The van der Waals surface area contributed by atoms with Crippen molar-refractivity contribution in [1.82, 2.24) is 16.0 Å². The van der Waals surface area contributed by atoms with Gasteiger partial charge in [0.15, 0.2) is 0 Å². The highest BCUT2D eigenvalue weighted by molar-refractivity contribution is 5.26. The van der Waals surface area contributed by atoms with Crippen LogP contribution in [0.15, 0.2) is 23.8 Å². The third-order valence-corrected chi connectivity index (χ3v) is 5.94. The second-order valence-corrected chi connectivity index (χ2v) is 7.29. The summed E-state index contributed by atoms with van der Waals surface area (Å²) in [6, 6.07) is 1.19. The Morgan fingerprint density at radius 1 is 1.18 bits per heavy atom. The zero-order valence-corrected chi connectivity index (χ0v) is 13.9. The van der Waals surface area contributed by atoms with E-state index in [0.717, 1.165) is 12.5 Å². The van der Waals surface area contributed by atoms with E-state index in [-0.39, 0.29) is 6.29 Å². The SMILES string of the molecule is C=CC1=C(C)CC(C2NCCCC2C2CCNC(N)N2)CC1. The van der Waals surface area contributed by atoms with Crippen LogP contribution < -0.4 is 21.7 Å². The summed E-state index contributed by atoms with van der Waals surface area (Å²) in [5, 5.41) is 10.7. The molecular formula is C18H32N4. The van der Waals surface area contributed by atoms with Crippen LogP contribution in [-0.4, -0.2) is 31.5 Å². The Morgan fingerprint density at radius 2 is 2.05 bits per heavy atom. The maximum absolute atomic E-state index is 6.05. The molecule has 0 amide bonds. The van der Waals surface area contributed by atoms with Gasteiger partial charge in [0, 0.05) is 12.1 Å². The first-order valence-corrected chi connectivity index (χ1v) is 8.98. The number of rotatable bonds is 3. The van der Waals surface area contributed by atoms with Crippen molar-refractivity contribution in [3.8, 4) is 0 Å². The summed E-state index contributed by atoms with van der Waals surface area (Å²) in [5.74, 6) is 1.48. The molecule has 1 aliphatic carbocycles. The van der Waals surface area contributed by atoms with Crippen LogP contribution in [-0.2, 0) is 0 Å². The molecule has 0 aromatic rings. The number of hydrogen-bond donors (Lipinski definition) is 4. The first-order valence-electron chi connectivity index (χ1n) is 8.98. The van der Waals surface area contributed by atoms with Gasteiger partial charge >= 0.3 is 0 Å². The lowest BCUT2D eigenvalue weighted by Crippen LogP contribution is -2.64. The second-order valence-electron chi connectivity index (χ2n) is 7.29. The lowest BCUT2D eigenvalue weighted by atomic mass is 9.71. The van der Waals surface area contributed by atoms with E-state index in [1.165, 1.54) is 50.6 Å². The molecule has 2 heterocycles. The third-order valence-electron chi connectivity index (χ3n) is 5.94. The highest BCUT2D eigenvalue weighted by Crippen LogP contribution is 2.37. The predicted molar refractivity (Wildman–Crippen MR) is 92.3 cm³/mol. The van der Waals surface area contributed by atoms with Gasteiger partial charge in [0.1, 0.15) is 6.29 Å². The van der Waals surface area contributed by atoms with E-state index in [9.17, 15) is 0 Å². The monoisotopic (exact) mass is 304 g/mol. The molecule has 0 saturated carbocycles. The number of hydrogen-bond acceptors (Lipinski definition) is 4. The van der Waals surface area contributed by atoms with E-state index < -0.39 is 0 Å². The normalized spacial score (nSPS) is 40.5. The lowest BCUT2D eigenvalue weighted by Gasteiger charge is -2.45. The smallest absolute Gasteiger partial charge is 0.109 e. The van der Waals surface area contributed by atoms with Crippen LogP contribution in [0.4, 0.5) is 0 Å². The van der Waals surface area contributed by atoms with Gasteiger partial charge in [-0.25, -0.2) is 0 Å². The Labute approximate surface area is 135 Å². The van der Waals surface area contributed by atoms with Crippen LogP contribution in [0.5, 0.6) is 0 Å². The fourth-order valence-corrected chi connectivity index (χ4v) is 4.77. The van der Waals surface area contributed by atoms with Crippen molar-refractivity contribution in [2.75, 3.05) is 13.1 Å². The number of nitrogens with two attached hydrogens (primary N) is 1. The molecule has 0 radical (unpaired) electrons. The number of nitrogens with one attached hydrogen (secondary N) is 3. The van der Waals surface area contributed by atoms with Gasteiger partial charge in [0.25, 0.3) is 0 Å². The molecule has 0 aromatic carbocycles. The van der Waals surface area contributed by atoms with Crippen molar-refractivity contribution in [3.05, 3.63) is 23.8 Å². The summed E-state index contributed by atoms with van der Waals surface area (Å²) in [6.45, 7) is 8.46. The number of allylic oxidation sites excluding steroid dienone is 3. The second kappa shape index (κ2) is 7.26. The molecule has 5 unspecified atom stereocenters. The van der Waals surface area contributed by atoms with Gasteiger partial charge in [0.05, 0.1) is 0 Å². The molecule has 22 heavy (non-hydrogen) atoms. The van der Waals surface area contributed by atoms with Crippen molar-refractivity contribution in [2.45, 2.75) is 63.8 Å². The van der Waals surface area contributed by atoms with E-state index in [4.69, 9.17) is 5.73 Å². The Kier molecular flexibility index (Phi) is 5.34.